The van der Waals surface area contributed by atoms with E-state index in [0.717, 1.165) is 36.2 Å². The summed E-state index contributed by atoms with van der Waals surface area (Å²) in [6.45, 7) is 6.96. The number of amides is 1. The highest BCUT2D eigenvalue weighted by molar-refractivity contribution is 7.99. The van der Waals surface area contributed by atoms with E-state index in [9.17, 15) is 13.2 Å². The highest BCUT2D eigenvalue weighted by atomic mass is 32.2. The van der Waals surface area contributed by atoms with Crippen LogP contribution in [0, 0.1) is 20.8 Å². The second kappa shape index (κ2) is 9.23. The first-order valence-corrected chi connectivity index (χ1v) is 12.0. The second-order valence-electron chi connectivity index (χ2n) is 7.13. The molecule has 1 aromatic carbocycles. The number of benzene rings is 1. The maximum absolute atomic E-state index is 12.7. The van der Waals surface area contributed by atoms with Crippen molar-refractivity contribution in [3.63, 3.8) is 0 Å². The fourth-order valence-electron chi connectivity index (χ4n) is 3.10. The molecule has 0 bridgehead atoms. The van der Waals surface area contributed by atoms with Crippen molar-refractivity contribution in [2.75, 3.05) is 24.2 Å². The van der Waals surface area contributed by atoms with E-state index in [-0.39, 0.29) is 16.6 Å². The summed E-state index contributed by atoms with van der Waals surface area (Å²) in [5.74, 6) is -0.0171. The lowest BCUT2D eigenvalue weighted by Crippen LogP contribution is -2.35. The fourth-order valence-corrected chi connectivity index (χ4v) is 5.35. The van der Waals surface area contributed by atoms with E-state index in [4.69, 9.17) is 0 Å². The lowest BCUT2D eigenvalue weighted by atomic mass is 10.2. The average molecular weight is 435 g/mol. The van der Waals surface area contributed by atoms with Crippen molar-refractivity contribution in [1.29, 1.82) is 0 Å². The van der Waals surface area contributed by atoms with Crippen LogP contribution in [0.2, 0.25) is 0 Å². The lowest BCUT2D eigenvalue weighted by molar-refractivity contribution is -0.113. The van der Waals surface area contributed by atoms with Gasteiger partial charge in [-0.2, -0.15) is 4.31 Å². The molecule has 1 aliphatic heterocycles. The summed E-state index contributed by atoms with van der Waals surface area (Å²) in [6.07, 6.45) is 2.87. The Balaban J connectivity index is 1.58. The molecule has 0 aliphatic carbocycles. The van der Waals surface area contributed by atoms with Crippen molar-refractivity contribution in [1.82, 2.24) is 14.3 Å². The predicted octanol–water partition coefficient (Wildman–Crippen LogP) is 3.31. The largest absolute Gasteiger partial charge is 0.325 e. The van der Waals surface area contributed by atoms with Gasteiger partial charge in [0.15, 0.2) is 5.16 Å². The van der Waals surface area contributed by atoms with Crippen LogP contribution in [0.4, 0.5) is 5.69 Å². The Bertz CT molecular complexity index is 962. The number of carbonyl (C=O) groups excluding carboxylic acids is 1. The molecule has 2 heterocycles. The number of aromatic nitrogens is 2. The number of aryl methyl sites for hydroxylation is 2. The molecule has 1 amide bonds. The third-order valence-corrected chi connectivity index (χ3v) is 7.80. The van der Waals surface area contributed by atoms with Gasteiger partial charge in [0.05, 0.1) is 10.6 Å². The normalized spacial score (nSPS) is 15.3. The van der Waals surface area contributed by atoms with Gasteiger partial charge in [-0.25, -0.2) is 18.4 Å². The number of hydrogen-bond donors (Lipinski definition) is 1. The second-order valence-corrected chi connectivity index (χ2v) is 10.0. The van der Waals surface area contributed by atoms with Crippen molar-refractivity contribution in [2.45, 2.75) is 50.1 Å². The summed E-state index contributed by atoms with van der Waals surface area (Å²) in [5.41, 5.74) is 3.43. The highest BCUT2D eigenvalue weighted by Gasteiger charge is 2.25. The number of nitrogens with zero attached hydrogens (tertiary/aromatic N) is 3. The van der Waals surface area contributed by atoms with Crippen LogP contribution in [-0.4, -0.2) is 47.4 Å². The van der Waals surface area contributed by atoms with Gasteiger partial charge in [0.2, 0.25) is 15.9 Å². The van der Waals surface area contributed by atoms with Gasteiger partial charge < -0.3 is 5.32 Å². The van der Waals surface area contributed by atoms with E-state index in [1.165, 1.54) is 16.1 Å². The molecular weight excluding hydrogens is 408 g/mol. The molecule has 2 aromatic rings. The van der Waals surface area contributed by atoms with Crippen LogP contribution >= 0.6 is 11.8 Å². The van der Waals surface area contributed by atoms with Gasteiger partial charge in [0, 0.05) is 30.2 Å². The maximum Gasteiger partial charge on any atom is 0.243 e. The molecule has 1 fully saturated rings. The number of thioether (sulfide) groups is 1. The van der Waals surface area contributed by atoms with Gasteiger partial charge in [0.25, 0.3) is 0 Å². The van der Waals surface area contributed by atoms with Gasteiger partial charge in [0.1, 0.15) is 0 Å². The summed E-state index contributed by atoms with van der Waals surface area (Å²) in [6, 6.07) is 6.33. The molecule has 0 unspecified atom stereocenters. The Labute approximate surface area is 176 Å². The smallest absolute Gasteiger partial charge is 0.243 e. The Kier molecular flexibility index (Phi) is 6.92. The van der Waals surface area contributed by atoms with Gasteiger partial charge in [-0.1, -0.05) is 18.2 Å². The Hall–Kier alpha value is -1.97. The predicted molar refractivity (Wildman–Crippen MR) is 115 cm³/mol. The Morgan fingerprint density at radius 2 is 1.62 bits per heavy atom. The zero-order valence-corrected chi connectivity index (χ0v) is 18.6. The van der Waals surface area contributed by atoms with Gasteiger partial charge >= 0.3 is 0 Å². The fraction of sp³-hybridized carbons (Fsp3) is 0.450. The molecule has 3 rings (SSSR count). The molecule has 0 atom stereocenters. The van der Waals surface area contributed by atoms with Crippen molar-refractivity contribution >= 4 is 33.4 Å². The molecule has 1 aliphatic rings. The van der Waals surface area contributed by atoms with E-state index in [0.29, 0.717) is 23.9 Å². The van der Waals surface area contributed by atoms with E-state index >= 15 is 0 Å². The summed E-state index contributed by atoms with van der Waals surface area (Å²) in [5, 5.41) is 3.36. The summed E-state index contributed by atoms with van der Waals surface area (Å²) in [4.78, 5) is 21.3. The van der Waals surface area contributed by atoms with Crippen LogP contribution in [0.5, 0.6) is 0 Å². The molecule has 0 radical (unpaired) electrons. The standard InChI is InChI=1S/C20H26N4O3S2/c1-14-15(2)21-20(22-16(14)3)28-13-19(25)23-17-7-9-18(10-8-17)29(26,27)24-11-5-4-6-12-24/h7-10H,4-6,11-13H2,1-3H3,(H,23,25). The quantitative estimate of drug-likeness (QED) is 0.554. The van der Waals surface area contributed by atoms with Gasteiger partial charge in [-0.05, 0) is 63.4 Å². The number of carbonyl (C=O) groups is 1. The third-order valence-electron chi connectivity index (χ3n) is 5.04. The van der Waals surface area contributed by atoms with Crippen LogP contribution < -0.4 is 5.32 Å². The molecule has 0 spiro atoms. The summed E-state index contributed by atoms with van der Waals surface area (Å²) < 4.78 is 26.9. The van der Waals surface area contributed by atoms with E-state index < -0.39 is 10.0 Å². The van der Waals surface area contributed by atoms with Crippen LogP contribution in [0.3, 0.4) is 0 Å². The molecule has 9 heteroatoms. The van der Waals surface area contributed by atoms with Crippen LogP contribution in [0.15, 0.2) is 34.3 Å². The highest BCUT2D eigenvalue weighted by Crippen LogP contribution is 2.22. The number of hydrogen-bond acceptors (Lipinski definition) is 6. The summed E-state index contributed by atoms with van der Waals surface area (Å²) in [7, 11) is -3.47. The Morgan fingerprint density at radius 1 is 1.03 bits per heavy atom. The first kappa shape index (κ1) is 21.7. The van der Waals surface area contributed by atoms with Crippen LogP contribution in [0.25, 0.3) is 0 Å². The monoisotopic (exact) mass is 434 g/mol. The molecule has 1 aromatic heterocycles. The number of rotatable bonds is 6. The van der Waals surface area contributed by atoms with Crippen molar-refractivity contribution in [3.8, 4) is 0 Å². The van der Waals surface area contributed by atoms with Gasteiger partial charge in [-0.3, -0.25) is 4.79 Å². The van der Waals surface area contributed by atoms with Crippen molar-refractivity contribution in [2.24, 2.45) is 0 Å². The topological polar surface area (TPSA) is 92.3 Å². The lowest BCUT2D eigenvalue weighted by Gasteiger charge is -2.25. The minimum Gasteiger partial charge on any atom is -0.325 e. The third kappa shape index (κ3) is 5.34. The SMILES string of the molecule is Cc1nc(SCC(=O)Nc2ccc(S(=O)(=O)N3CCCCC3)cc2)nc(C)c1C. The van der Waals surface area contributed by atoms with Crippen molar-refractivity contribution < 1.29 is 13.2 Å². The van der Waals surface area contributed by atoms with E-state index in [2.05, 4.69) is 15.3 Å². The Morgan fingerprint density at radius 3 is 2.21 bits per heavy atom. The number of nitrogens with one attached hydrogen (secondary N) is 1. The number of anilines is 1. The average Bonchev–Trinajstić information content (AvgIpc) is 2.71. The minimum atomic E-state index is -3.47. The van der Waals surface area contributed by atoms with Gasteiger partial charge in [-0.15, -0.1) is 0 Å². The molecule has 29 heavy (non-hydrogen) atoms. The molecule has 0 saturated carbocycles. The van der Waals surface area contributed by atoms with E-state index in [1.807, 2.05) is 20.8 Å². The molecule has 156 valence electrons. The molecular formula is C20H26N4O3S2. The summed E-state index contributed by atoms with van der Waals surface area (Å²) >= 11 is 1.27. The molecule has 1 saturated heterocycles. The van der Waals surface area contributed by atoms with Crippen molar-refractivity contribution in [3.05, 3.63) is 41.2 Å². The van der Waals surface area contributed by atoms with E-state index in [1.54, 1.807) is 24.3 Å². The minimum absolute atomic E-state index is 0.176. The number of sulfonamides is 1. The first-order chi connectivity index (χ1) is 13.8. The van der Waals surface area contributed by atoms with Crippen LogP contribution in [0.1, 0.15) is 36.2 Å². The van der Waals surface area contributed by atoms with Crippen LogP contribution in [-0.2, 0) is 14.8 Å². The number of piperidine rings is 1. The molecule has 7 nitrogen and oxygen atoms in total. The zero-order valence-electron chi connectivity index (χ0n) is 16.9. The maximum atomic E-state index is 12.7. The zero-order chi connectivity index (χ0) is 21.0. The molecule has 1 N–H and O–H groups in total. The first-order valence-electron chi connectivity index (χ1n) is 9.62.